The van der Waals surface area contributed by atoms with E-state index in [1.54, 1.807) is 11.3 Å². The van der Waals surface area contributed by atoms with Crippen molar-refractivity contribution in [2.24, 2.45) is 0 Å². The van der Waals surface area contributed by atoms with Gasteiger partial charge < -0.3 is 15.5 Å². The van der Waals surface area contributed by atoms with Gasteiger partial charge >= 0.3 is 0 Å². The summed E-state index contributed by atoms with van der Waals surface area (Å²) in [5, 5.41) is 9.19. The van der Waals surface area contributed by atoms with Gasteiger partial charge in [-0.15, -0.1) is 11.3 Å². The van der Waals surface area contributed by atoms with Crippen LogP contribution in [-0.2, 0) is 17.8 Å². The van der Waals surface area contributed by atoms with Crippen molar-refractivity contribution in [1.29, 1.82) is 0 Å². The Labute approximate surface area is 176 Å². The number of carbonyl (C=O) groups excluding carboxylic acids is 1. The van der Waals surface area contributed by atoms with Crippen molar-refractivity contribution in [3.8, 4) is 0 Å². The van der Waals surface area contributed by atoms with Crippen LogP contribution in [0.5, 0.6) is 0 Å². The molecule has 1 amide bonds. The monoisotopic (exact) mass is 413 g/mol. The summed E-state index contributed by atoms with van der Waals surface area (Å²) in [5.41, 5.74) is 2.60. The van der Waals surface area contributed by atoms with Crippen LogP contribution < -0.4 is 10.6 Å². The number of rotatable bonds is 6. The van der Waals surface area contributed by atoms with Gasteiger partial charge in [-0.25, -0.2) is 0 Å². The van der Waals surface area contributed by atoms with Crippen LogP contribution in [0, 0.1) is 0 Å². The molecule has 0 unspecified atom stereocenters. The summed E-state index contributed by atoms with van der Waals surface area (Å²) in [6.07, 6.45) is 6.88. The van der Waals surface area contributed by atoms with Crippen molar-refractivity contribution in [2.75, 3.05) is 6.54 Å². The minimum Gasteiger partial charge on any atom is -0.353 e. The summed E-state index contributed by atoms with van der Waals surface area (Å²) in [6, 6.07) is 13.2. The second-order valence-corrected chi connectivity index (χ2v) is 9.08. The van der Waals surface area contributed by atoms with E-state index in [1.165, 1.54) is 41.7 Å². The van der Waals surface area contributed by atoms with Gasteiger partial charge in [0.25, 0.3) is 0 Å². The standard InChI is InChI=1S/C22H27N3OS2/c26-21(24-20-12-11-16-6-1-4-10-19(16)20)14-23-22(27)25(17-7-2-3-8-17)15-18-9-5-13-28-18/h1,4-6,9-10,13,17,20H,2-3,7-8,11-12,14-15H2,(H,23,27)(H,24,26)/t20-/m1/s1. The zero-order chi connectivity index (χ0) is 19.3. The Hall–Kier alpha value is -1.92. The number of aryl methyl sites for hydroxylation is 1. The third-order valence-electron chi connectivity index (χ3n) is 5.80. The van der Waals surface area contributed by atoms with Gasteiger partial charge in [-0.05, 0) is 60.5 Å². The van der Waals surface area contributed by atoms with Crippen molar-refractivity contribution in [2.45, 2.75) is 57.2 Å². The first-order chi connectivity index (χ1) is 13.7. The normalized spacial score (nSPS) is 18.6. The molecule has 0 radical (unpaired) electrons. The second kappa shape index (κ2) is 9.05. The fourth-order valence-electron chi connectivity index (χ4n) is 4.36. The lowest BCUT2D eigenvalue weighted by Gasteiger charge is -2.31. The molecule has 2 N–H and O–H groups in total. The predicted molar refractivity (Wildman–Crippen MR) is 118 cm³/mol. The number of nitrogens with zero attached hydrogens (tertiary/aromatic N) is 1. The summed E-state index contributed by atoms with van der Waals surface area (Å²) in [6.45, 7) is 1.05. The molecule has 148 valence electrons. The molecule has 28 heavy (non-hydrogen) atoms. The highest BCUT2D eigenvalue weighted by molar-refractivity contribution is 7.80. The van der Waals surface area contributed by atoms with E-state index in [9.17, 15) is 4.79 Å². The SMILES string of the molecule is O=C(CNC(=S)N(Cc1cccs1)C1CCCC1)N[C@@H]1CCc2ccccc21. The van der Waals surface area contributed by atoms with E-state index in [1.807, 2.05) is 6.07 Å². The van der Waals surface area contributed by atoms with Crippen LogP contribution in [0.3, 0.4) is 0 Å². The van der Waals surface area contributed by atoms with E-state index in [0.717, 1.165) is 19.4 Å². The molecule has 1 aromatic carbocycles. The lowest BCUT2D eigenvalue weighted by atomic mass is 10.1. The number of fused-ring (bicyclic) bond motifs is 1. The van der Waals surface area contributed by atoms with Gasteiger partial charge in [-0.3, -0.25) is 4.79 Å². The number of hydrogen-bond acceptors (Lipinski definition) is 3. The lowest BCUT2D eigenvalue weighted by Crippen LogP contribution is -2.47. The molecule has 0 saturated heterocycles. The van der Waals surface area contributed by atoms with E-state index in [-0.39, 0.29) is 18.5 Å². The van der Waals surface area contributed by atoms with E-state index in [0.29, 0.717) is 11.2 Å². The third kappa shape index (κ3) is 4.55. The smallest absolute Gasteiger partial charge is 0.239 e. The van der Waals surface area contributed by atoms with Crippen LogP contribution in [0.1, 0.15) is 54.1 Å². The number of hydrogen-bond donors (Lipinski definition) is 2. The molecule has 0 bridgehead atoms. The average Bonchev–Trinajstić information content (AvgIpc) is 3.46. The van der Waals surface area contributed by atoms with Gasteiger partial charge in [-0.2, -0.15) is 0 Å². The molecule has 2 aromatic rings. The van der Waals surface area contributed by atoms with Crippen LogP contribution in [0.2, 0.25) is 0 Å². The highest BCUT2D eigenvalue weighted by Crippen LogP contribution is 2.30. The van der Waals surface area contributed by atoms with Crippen molar-refractivity contribution < 1.29 is 4.79 Å². The quantitative estimate of drug-likeness (QED) is 0.698. The largest absolute Gasteiger partial charge is 0.353 e. The predicted octanol–water partition coefficient (Wildman–Crippen LogP) is 4.17. The zero-order valence-electron chi connectivity index (χ0n) is 16.0. The van der Waals surface area contributed by atoms with E-state index in [4.69, 9.17) is 12.2 Å². The Kier molecular flexibility index (Phi) is 6.27. The highest BCUT2D eigenvalue weighted by atomic mass is 32.1. The minimum atomic E-state index is 0.00606. The van der Waals surface area contributed by atoms with Crippen LogP contribution in [-0.4, -0.2) is 28.5 Å². The Morgan fingerprint density at radius 2 is 1.96 bits per heavy atom. The first kappa shape index (κ1) is 19.4. The summed E-state index contributed by atoms with van der Waals surface area (Å²) in [5.74, 6) is 0.00606. The van der Waals surface area contributed by atoms with Gasteiger partial charge in [-0.1, -0.05) is 43.2 Å². The summed E-state index contributed by atoms with van der Waals surface area (Å²) in [4.78, 5) is 16.1. The topological polar surface area (TPSA) is 44.4 Å². The molecule has 0 spiro atoms. The maximum Gasteiger partial charge on any atom is 0.239 e. The van der Waals surface area contributed by atoms with Crippen LogP contribution in [0.25, 0.3) is 0 Å². The average molecular weight is 414 g/mol. The van der Waals surface area contributed by atoms with Crippen molar-refractivity contribution >= 4 is 34.6 Å². The summed E-state index contributed by atoms with van der Waals surface area (Å²) >= 11 is 7.45. The molecule has 1 fully saturated rings. The molecule has 1 saturated carbocycles. The molecular formula is C22H27N3OS2. The Bertz CT molecular complexity index is 815. The zero-order valence-corrected chi connectivity index (χ0v) is 17.7. The Morgan fingerprint density at radius 3 is 2.75 bits per heavy atom. The number of benzene rings is 1. The van der Waals surface area contributed by atoms with Gasteiger partial charge in [0.1, 0.15) is 0 Å². The number of amides is 1. The molecule has 1 heterocycles. The molecule has 4 nitrogen and oxygen atoms in total. The fourth-order valence-corrected chi connectivity index (χ4v) is 5.35. The van der Waals surface area contributed by atoms with E-state index < -0.39 is 0 Å². The van der Waals surface area contributed by atoms with Crippen LogP contribution in [0.15, 0.2) is 41.8 Å². The molecule has 4 rings (SSSR count). The molecule has 2 aliphatic rings. The molecule has 1 atom stereocenters. The number of carbonyl (C=O) groups is 1. The maximum absolute atomic E-state index is 12.5. The van der Waals surface area contributed by atoms with Crippen LogP contribution in [0.4, 0.5) is 0 Å². The van der Waals surface area contributed by atoms with Crippen molar-refractivity contribution in [3.63, 3.8) is 0 Å². The molecule has 2 aliphatic carbocycles. The lowest BCUT2D eigenvalue weighted by molar-refractivity contribution is -0.120. The van der Waals surface area contributed by atoms with Crippen molar-refractivity contribution in [3.05, 3.63) is 57.8 Å². The summed E-state index contributed by atoms with van der Waals surface area (Å²) < 4.78 is 0. The van der Waals surface area contributed by atoms with E-state index >= 15 is 0 Å². The Balaban J connectivity index is 1.32. The second-order valence-electron chi connectivity index (χ2n) is 7.66. The first-order valence-corrected chi connectivity index (χ1v) is 11.4. The van der Waals surface area contributed by atoms with Gasteiger partial charge in [0, 0.05) is 10.9 Å². The Morgan fingerprint density at radius 1 is 1.14 bits per heavy atom. The van der Waals surface area contributed by atoms with E-state index in [2.05, 4.69) is 51.2 Å². The number of nitrogens with one attached hydrogen (secondary N) is 2. The molecule has 6 heteroatoms. The van der Waals surface area contributed by atoms with Gasteiger partial charge in [0.15, 0.2) is 5.11 Å². The third-order valence-corrected chi connectivity index (χ3v) is 7.04. The molecular weight excluding hydrogens is 386 g/mol. The molecule has 1 aromatic heterocycles. The molecule has 0 aliphatic heterocycles. The highest BCUT2D eigenvalue weighted by Gasteiger charge is 2.26. The maximum atomic E-state index is 12.5. The number of thiophene rings is 1. The van der Waals surface area contributed by atoms with Crippen molar-refractivity contribution in [1.82, 2.24) is 15.5 Å². The minimum absolute atomic E-state index is 0.00606. The van der Waals surface area contributed by atoms with Gasteiger partial charge in [0.2, 0.25) is 5.91 Å². The summed E-state index contributed by atoms with van der Waals surface area (Å²) in [7, 11) is 0. The van der Waals surface area contributed by atoms with Gasteiger partial charge in [0.05, 0.1) is 19.1 Å². The fraction of sp³-hybridized carbons (Fsp3) is 0.455. The first-order valence-electron chi connectivity index (χ1n) is 10.1. The van der Waals surface area contributed by atoms with Crippen LogP contribution >= 0.6 is 23.6 Å². The number of thiocarbonyl (C=S) groups is 1.